The van der Waals surface area contributed by atoms with E-state index in [1.54, 1.807) is 18.2 Å². The quantitative estimate of drug-likeness (QED) is 0.909. The first-order valence-corrected chi connectivity index (χ1v) is 6.70. The van der Waals surface area contributed by atoms with Gasteiger partial charge in [0.2, 0.25) is 0 Å². The molecule has 1 aliphatic rings. The zero-order valence-electron chi connectivity index (χ0n) is 9.54. The summed E-state index contributed by atoms with van der Waals surface area (Å²) in [7, 11) is 1.93. The van der Waals surface area contributed by atoms with Crippen LogP contribution in [0, 0.1) is 0 Å². The summed E-state index contributed by atoms with van der Waals surface area (Å²) >= 11 is 9.29. The van der Waals surface area contributed by atoms with Crippen LogP contribution in [0.2, 0.25) is 5.02 Å². The summed E-state index contributed by atoms with van der Waals surface area (Å²) in [6, 6.07) is 5.70. The lowest BCUT2D eigenvalue weighted by molar-refractivity contribution is 0.0789. The molecule has 1 aromatic rings. The molecule has 0 radical (unpaired) electrons. The Balaban J connectivity index is 2.14. The number of benzene rings is 1. The Morgan fingerprint density at radius 3 is 2.88 bits per heavy atom. The van der Waals surface area contributed by atoms with Gasteiger partial charge in [-0.15, -0.1) is 0 Å². The van der Waals surface area contributed by atoms with Gasteiger partial charge in [-0.25, -0.2) is 0 Å². The van der Waals surface area contributed by atoms with Crippen LogP contribution in [0.5, 0.6) is 0 Å². The van der Waals surface area contributed by atoms with Gasteiger partial charge in [0.25, 0.3) is 5.91 Å². The zero-order valence-corrected chi connectivity index (χ0v) is 11.9. The van der Waals surface area contributed by atoms with E-state index >= 15 is 0 Å². The third-order valence-electron chi connectivity index (χ3n) is 2.99. The molecule has 1 amide bonds. The van der Waals surface area contributed by atoms with E-state index in [0.717, 1.165) is 24.0 Å². The maximum absolute atomic E-state index is 12.2. The number of carbonyl (C=O) groups is 1. The van der Waals surface area contributed by atoms with E-state index in [-0.39, 0.29) is 5.91 Å². The van der Waals surface area contributed by atoms with E-state index < -0.39 is 0 Å². The number of nitrogens with zero attached hydrogens (tertiary/aromatic N) is 1. The minimum absolute atomic E-state index is 0.0472. The van der Waals surface area contributed by atoms with Crippen molar-refractivity contribution in [3.63, 3.8) is 0 Å². The molecule has 1 saturated heterocycles. The first-order valence-electron chi connectivity index (χ1n) is 5.53. The van der Waals surface area contributed by atoms with E-state index in [9.17, 15) is 4.79 Å². The van der Waals surface area contributed by atoms with Crippen LogP contribution in [0.1, 0.15) is 16.8 Å². The molecule has 0 bridgehead atoms. The standard InChI is InChI=1S/C12H14BrClN2O/c1-15-11-2-3-16(7-11)12(17)8-4-9(13)6-10(14)5-8/h4-6,11,15H,2-3,7H2,1H3. The van der Waals surface area contributed by atoms with Crippen molar-refractivity contribution in [1.29, 1.82) is 0 Å². The highest BCUT2D eigenvalue weighted by Crippen LogP contribution is 2.22. The van der Waals surface area contributed by atoms with Gasteiger partial charge >= 0.3 is 0 Å². The molecule has 1 atom stereocenters. The van der Waals surface area contributed by atoms with Crippen molar-refractivity contribution in [3.8, 4) is 0 Å². The molecule has 1 aliphatic heterocycles. The molecule has 92 valence electrons. The fraction of sp³-hybridized carbons (Fsp3) is 0.417. The average molecular weight is 318 g/mol. The van der Waals surface area contributed by atoms with Gasteiger partial charge in [0.05, 0.1) is 0 Å². The predicted octanol–water partition coefficient (Wildman–Crippen LogP) is 2.54. The normalized spacial score (nSPS) is 19.7. The molecule has 2 rings (SSSR count). The van der Waals surface area contributed by atoms with Crippen LogP contribution < -0.4 is 5.32 Å². The third-order valence-corrected chi connectivity index (χ3v) is 3.67. The molecule has 3 nitrogen and oxygen atoms in total. The number of carbonyl (C=O) groups excluding carboxylic acids is 1. The second-order valence-corrected chi connectivity index (χ2v) is 5.54. The van der Waals surface area contributed by atoms with Crippen molar-refractivity contribution in [1.82, 2.24) is 10.2 Å². The second-order valence-electron chi connectivity index (χ2n) is 4.18. The van der Waals surface area contributed by atoms with Crippen LogP contribution >= 0.6 is 27.5 Å². The van der Waals surface area contributed by atoms with Crippen molar-refractivity contribution < 1.29 is 4.79 Å². The molecule has 0 spiro atoms. The monoisotopic (exact) mass is 316 g/mol. The SMILES string of the molecule is CNC1CCN(C(=O)c2cc(Cl)cc(Br)c2)C1. The Bertz CT molecular complexity index is 418. The van der Waals surface area contributed by atoms with E-state index in [1.807, 2.05) is 11.9 Å². The van der Waals surface area contributed by atoms with Crippen molar-refractivity contribution in [2.24, 2.45) is 0 Å². The van der Waals surface area contributed by atoms with Gasteiger partial charge in [0.15, 0.2) is 0 Å². The van der Waals surface area contributed by atoms with Gasteiger partial charge in [0, 0.05) is 34.2 Å². The number of likely N-dealkylation sites (tertiary alicyclic amines) is 1. The molecule has 1 fully saturated rings. The first-order chi connectivity index (χ1) is 8.10. The summed E-state index contributed by atoms with van der Waals surface area (Å²) in [4.78, 5) is 14.1. The zero-order chi connectivity index (χ0) is 12.4. The maximum atomic E-state index is 12.2. The number of likely N-dealkylation sites (N-methyl/N-ethyl adjacent to an activating group) is 1. The smallest absolute Gasteiger partial charge is 0.253 e. The number of hydrogen-bond donors (Lipinski definition) is 1. The number of amides is 1. The van der Waals surface area contributed by atoms with E-state index in [1.165, 1.54) is 0 Å². The molecule has 0 saturated carbocycles. The topological polar surface area (TPSA) is 32.3 Å². The minimum Gasteiger partial charge on any atom is -0.337 e. The van der Waals surface area contributed by atoms with Crippen LogP contribution in [-0.4, -0.2) is 37.0 Å². The van der Waals surface area contributed by atoms with Gasteiger partial charge < -0.3 is 10.2 Å². The molecular formula is C12H14BrClN2O. The highest BCUT2D eigenvalue weighted by atomic mass is 79.9. The van der Waals surface area contributed by atoms with Gasteiger partial charge in [-0.3, -0.25) is 4.79 Å². The Labute approximate surface area is 114 Å². The van der Waals surface area contributed by atoms with E-state index in [2.05, 4.69) is 21.2 Å². The Morgan fingerprint density at radius 2 is 2.29 bits per heavy atom. The second kappa shape index (κ2) is 5.38. The summed E-state index contributed by atoms with van der Waals surface area (Å²) in [5, 5.41) is 3.77. The van der Waals surface area contributed by atoms with Crippen LogP contribution in [0.15, 0.2) is 22.7 Å². The fourth-order valence-corrected chi connectivity index (χ4v) is 2.90. The number of nitrogens with one attached hydrogen (secondary N) is 1. The highest BCUT2D eigenvalue weighted by Gasteiger charge is 2.26. The Kier molecular flexibility index (Phi) is 4.07. The van der Waals surface area contributed by atoms with Crippen LogP contribution in [0.3, 0.4) is 0 Å². The van der Waals surface area contributed by atoms with E-state index in [0.29, 0.717) is 16.6 Å². The Hall–Kier alpha value is -0.580. The van der Waals surface area contributed by atoms with Crippen molar-refractivity contribution in [2.45, 2.75) is 12.5 Å². The number of rotatable bonds is 2. The average Bonchev–Trinajstić information content (AvgIpc) is 2.75. The van der Waals surface area contributed by atoms with Gasteiger partial charge in [-0.05, 0) is 31.7 Å². The summed E-state index contributed by atoms with van der Waals surface area (Å²) in [5.74, 6) is 0.0472. The van der Waals surface area contributed by atoms with Crippen LogP contribution in [0.4, 0.5) is 0 Å². The molecule has 0 aliphatic carbocycles. The molecule has 1 aromatic carbocycles. The lowest BCUT2D eigenvalue weighted by Gasteiger charge is -2.16. The number of halogens is 2. The minimum atomic E-state index is 0.0472. The van der Waals surface area contributed by atoms with Gasteiger partial charge in [-0.2, -0.15) is 0 Å². The molecule has 5 heteroatoms. The lowest BCUT2D eigenvalue weighted by atomic mass is 10.2. The van der Waals surface area contributed by atoms with Crippen LogP contribution in [0.25, 0.3) is 0 Å². The fourth-order valence-electron chi connectivity index (χ4n) is 2.04. The van der Waals surface area contributed by atoms with Crippen molar-refractivity contribution in [3.05, 3.63) is 33.3 Å². The van der Waals surface area contributed by atoms with Crippen molar-refractivity contribution >= 4 is 33.4 Å². The van der Waals surface area contributed by atoms with E-state index in [4.69, 9.17) is 11.6 Å². The predicted molar refractivity (Wildman–Crippen MR) is 72.5 cm³/mol. The largest absolute Gasteiger partial charge is 0.337 e. The molecule has 1 heterocycles. The summed E-state index contributed by atoms with van der Waals surface area (Å²) in [6.07, 6.45) is 1.00. The van der Waals surface area contributed by atoms with Gasteiger partial charge in [-0.1, -0.05) is 27.5 Å². The van der Waals surface area contributed by atoms with Gasteiger partial charge in [0.1, 0.15) is 0 Å². The van der Waals surface area contributed by atoms with Crippen LogP contribution in [-0.2, 0) is 0 Å². The molecule has 1 unspecified atom stereocenters. The molecule has 1 N–H and O–H groups in total. The molecular weight excluding hydrogens is 304 g/mol. The first kappa shape index (κ1) is 12.9. The maximum Gasteiger partial charge on any atom is 0.253 e. The summed E-state index contributed by atoms with van der Waals surface area (Å²) in [5.41, 5.74) is 0.640. The Morgan fingerprint density at radius 1 is 1.53 bits per heavy atom. The lowest BCUT2D eigenvalue weighted by Crippen LogP contribution is -2.33. The molecule has 0 aromatic heterocycles. The highest BCUT2D eigenvalue weighted by molar-refractivity contribution is 9.10. The van der Waals surface area contributed by atoms with Crippen molar-refractivity contribution in [2.75, 3.05) is 20.1 Å². The number of hydrogen-bond acceptors (Lipinski definition) is 2. The third kappa shape index (κ3) is 3.00. The molecule has 17 heavy (non-hydrogen) atoms. The summed E-state index contributed by atoms with van der Waals surface area (Å²) in [6.45, 7) is 1.56. The summed E-state index contributed by atoms with van der Waals surface area (Å²) < 4.78 is 0.831.